The number of aromatic nitrogens is 1. The van der Waals surface area contributed by atoms with Gasteiger partial charge in [0.05, 0.1) is 0 Å². The van der Waals surface area contributed by atoms with Crippen molar-refractivity contribution in [1.29, 1.82) is 0 Å². The number of nitrogens with zero attached hydrogens (tertiary/aromatic N) is 2. The topological polar surface area (TPSA) is 86.3 Å². The monoisotopic (exact) mass is 470 g/mol. The zero-order valence-electron chi connectivity index (χ0n) is 13.5. The van der Waals surface area contributed by atoms with Crippen molar-refractivity contribution in [1.82, 2.24) is 0 Å². The molecule has 0 amide bonds. The minimum absolute atomic E-state index is 0.749. The number of alkyl halides is 9. The molecule has 0 atom stereocenters. The molecule has 0 N–H and O–H groups in total. The molecule has 0 radical (unpaired) electrons. The summed E-state index contributed by atoms with van der Waals surface area (Å²) in [5.74, 6) is 0. The third-order valence-corrected chi connectivity index (χ3v) is 5.21. The van der Waals surface area contributed by atoms with Crippen LogP contribution in [0.4, 0.5) is 39.5 Å². The normalized spacial score (nSPS) is 13.6. The van der Waals surface area contributed by atoms with Crippen molar-refractivity contribution in [3.63, 3.8) is 0 Å². The lowest BCUT2D eigenvalue weighted by Crippen LogP contribution is -2.41. The second kappa shape index (κ2) is 8.81. The van der Waals surface area contributed by atoms with Gasteiger partial charge in [0.1, 0.15) is 0 Å². The summed E-state index contributed by atoms with van der Waals surface area (Å²) in [5.41, 5.74) is -11.5. The average Bonchev–Trinajstić information content (AvgIpc) is 2.42. The van der Waals surface area contributed by atoms with Gasteiger partial charge in [-0.2, -0.15) is 44.1 Å². The second-order valence-corrected chi connectivity index (χ2v) is 8.19. The Morgan fingerprint density at radius 1 is 0.893 bits per heavy atom. The predicted octanol–water partition coefficient (Wildman–Crippen LogP) is 3.16. The van der Waals surface area contributed by atoms with Crippen LogP contribution in [0.25, 0.3) is 4.13 Å². The summed E-state index contributed by atoms with van der Waals surface area (Å²) in [7, 11) is -13.4. The molecule has 0 bridgehead atoms. The summed E-state index contributed by atoms with van der Waals surface area (Å²) in [6.45, 7) is 0.994. The van der Waals surface area contributed by atoms with E-state index < -0.39 is 43.8 Å². The Kier molecular flexibility index (Phi) is 8.30. The first-order chi connectivity index (χ1) is 12.2. The minimum Gasteiger partial charge on any atom is -0.421 e. The Labute approximate surface area is 153 Å². The lowest BCUT2D eigenvalue weighted by Gasteiger charge is -2.22. The summed E-state index contributed by atoms with van der Waals surface area (Å²) in [6.07, 6.45) is -0.449. The molecule has 0 saturated heterocycles. The van der Waals surface area contributed by atoms with Crippen molar-refractivity contribution in [3.8, 4) is 0 Å². The van der Waals surface area contributed by atoms with Gasteiger partial charge in [0.25, 0.3) is 0 Å². The number of pyridine rings is 1. The van der Waals surface area contributed by atoms with Crippen molar-refractivity contribution >= 4 is 20.0 Å². The molecule has 1 aromatic heterocycles. The average molecular weight is 470 g/mol. The largest absolute Gasteiger partial charge is 0.480 e. The van der Waals surface area contributed by atoms with Gasteiger partial charge in [0.2, 0.25) is 6.54 Å². The number of hydrogen-bond acceptors (Lipinski definition) is 4. The van der Waals surface area contributed by atoms with E-state index in [2.05, 4.69) is 0 Å². The molecule has 28 heavy (non-hydrogen) atoms. The first-order valence-electron chi connectivity index (χ1n) is 6.63. The highest BCUT2D eigenvalue weighted by Crippen LogP contribution is 2.36. The summed E-state index contributed by atoms with van der Waals surface area (Å²) in [6, 6.07) is 3.44. The molecular weight excluding hydrogens is 459 g/mol. The Morgan fingerprint density at radius 3 is 1.64 bits per heavy atom. The van der Waals surface area contributed by atoms with Gasteiger partial charge in [0, 0.05) is 11.6 Å². The van der Waals surface area contributed by atoms with Crippen molar-refractivity contribution < 1.29 is 60.9 Å². The van der Waals surface area contributed by atoms with Crippen molar-refractivity contribution in [3.05, 3.63) is 34.2 Å². The van der Waals surface area contributed by atoms with E-state index in [1.807, 2.05) is 13.0 Å². The Balaban J connectivity index is 0.000000525. The Hall–Kier alpha value is -1.62. The molecule has 17 heteroatoms. The van der Waals surface area contributed by atoms with E-state index >= 15 is 0 Å². The van der Waals surface area contributed by atoms with Crippen LogP contribution < -0.4 is 4.57 Å². The van der Waals surface area contributed by atoms with Crippen LogP contribution >= 0.6 is 0 Å². The van der Waals surface area contributed by atoms with Crippen LogP contribution in [0.5, 0.6) is 0 Å². The van der Waals surface area contributed by atoms with E-state index in [9.17, 15) is 56.3 Å². The zero-order chi connectivity index (χ0) is 22.6. The van der Waals surface area contributed by atoms with Crippen molar-refractivity contribution in [2.24, 2.45) is 0 Å². The van der Waals surface area contributed by atoms with E-state index in [4.69, 9.17) is 0 Å². The highest BCUT2D eigenvalue weighted by molar-refractivity contribution is 8.13. The third kappa shape index (κ3) is 8.59. The molecule has 1 rings (SSSR count). The fourth-order valence-corrected chi connectivity index (χ4v) is 3.01. The molecule has 0 aliphatic rings. The van der Waals surface area contributed by atoms with E-state index in [1.165, 1.54) is 12.4 Å². The maximum Gasteiger partial charge on any atom is 0.480 e. The van der Waals surface area contributed by atoms with Gasteiger partial charge in [-0.15, -0.1) is 0 Å². The molecular formula is C11H11F9N2O4S2. The molecule has 0 spiro atoms. The van der Waals surface area contributed by atoms with Crippen LogP contribution in [0.15, 0.2) is 24.5 Å². The maximum atomic E-state index is 12.0. The summed E-state index contributed by atoms with van der Waals surface area (Å²) in [5, 5.41) is 0. The number of rotatable bonds is 4. The first kappa shape index (κ1) is 26.4. The summed E-state index contributed by atoms with van der Waals surface area (Å²) < 4.78 is 146. The van der Waals surface area contributed by atoms with Crippen LogP contribution in [-0.4, -0.2) is 34.0 Å². The highest BCUT2D eigenvalue weighted by Gasteiger charge is 2.46. The van der Waals surface area contributed by atoms with Crippen LogP contribution in [0.3, 0.4) is 0 Å². The Bertz CT molecular complexity index is 817. The number of hydrogen-bond donors (Lipinski definition) is 0. The third-order valence-electron chi connectivity index (χ3n) is 2.47. The minimum atomic E-state index is -6.72. The highest BCUT2D eigenvalue weighted by atomic mass is 32.3. The molecule has 0 saturated carbocycles. The fourth-order valence-electron chi connectivity index (χ4n) is 1.30. The molecule has 6 nitrogen and oxygen atoms in total. The molecule has 0 fully saturated rings. The van der Waals surface area contributed by atoms with Gasteiger partial charge in [0.15, 0.2) is 32.4 Å². The van der Waals surface area contributed by atoms with E-state index in [0.29, 0.717) is 0 Å². The zero-order valence-corrected chi connectivity index (χ0v) is 15.1. The van der Waals surface area contributed by atoms with Crippen molar-refractivity contribution in [2.45, 2.75) is 37.1 Å². The van der Waals surface area contributed by atoms with Gasteiger partial charge in [-0.1, -0.05) is 6.92 Å². The number of aryl methyl sites for hydroxylation is 1. The Morgan fingerprint density at radius 2 is 1.32 bits per heavy atom. The van der Waals surface area contributed by atoms with E-state index in [0.717, 1.165) is 20.7 Å². The van der Waals surface area contributed by atoms with Crippen LogP contribution in [0, 0.1) is 0 Å². The summed E-state index contributed by atoms with van der Waals surface area (Å²) in [4.78, 5) is 0. The van der Waals surface area contributed by atoms with E-state index in [1.54, 1.807) is 6.07 Å². The van der Waals surface area contributed by atoms with Gasteiger partial charge >= 0.3 is 17.2 Å². The van der Waals surface area contributed by atoms with Gasteiger partial charge in [-0.25, -0.2) is 16.8 Å². The van der Waals surface area contributed by atoms with Gasteiger partial charge in [-0.05, 0) is 12.5 Å². The molecule has 0 aromatic carbocycles. The summed E-state index contributed by atoms with van der Waals surface area (Å²) >= 11 is 0. The van der Waals surface area contributed by atoms with Crippen LogP contribution in [0.2, 0.25) is 0 Å². The standard InChI is InChI=1S/C9H11F3N.C2F6NO4S2/c1-2-8-4-3-5-13(6-8)7-9(10,11)12;3-1(4,5)14(10,11)9-15(12,13)2(6,7)8/h3-6H,2,7H2,1H3;/q+1;-1. The van der Waals surface area contributed by atoms with E-state index in [-0.39, 0.29) is 0 Å². The maximum absolute atomic E-state index is 12.0. The van der Waals surface area contributed by atoms with Crippen LogP contribution in [-0.2, 0) is 33.0 Å². The smallest absolute Gasteiger partial charge is 0.421 e. The molecule has 164 valence electrons. The second-order valence-electron chi connectivity index (χ2n) is 4.77. The molecule has 0 unspecified atom stereocenters. The predicted molar refractivity (Wildman–Crippen MR) is 75.4 cm³/mol. The SMILES string of the molecule is CCc1ccc[n+](CC(F)(F)F)c1.O=S(=O)([N-]S(=O)(=O)C(F)(F)F)C(F)(F)F. The number of sulfonamides is 2. The first-order valence-corrected chi connectivity index (χ1v) is 9.51. The lowest BCUT2D eigenvalue weighted by atomic mass is 10.2. The quantitative estimate of drug-likeness (QED) is 0.500. The molecule has 1 heterocycles. The van der Waals surface area contributed by atoms with Gasteiger partial charge < -0.3 is 4.13 Å². The van der Waals surface area contributed by atoms with Crippen molar-refractivity contribution in [2.75, 3.05) is 0 Å². The van der Waals surface area contributed by atoms with Crippen LogP contribution in [0.1, 0.15) is 12.5 Å². The fraction of sp³-hybridized carbons (Fsp3) is 0.545. The number of halogens is 9. The lowest BCUT2D eigenvalue weighted by molar-refractivity contribution is -0.719. The molecule has 0 aliphatic heterocycles. The van der Waals surface area contributed by atoms with Gasteiger partial charge in [-0.3, -0.25) is 0 Å². The molecule has 1 aromatic rings. The molecule has 0 aliphatic carbocycles.